The Morgan fingerprint density at radius 1 is 1.22 bits per heavy atom. The molecule has 126 valence electrons. The minimum Gasteiger partial charge on any atom is -0.342 e. The number of likely N-dealkylation sites (tertiary alicyclic amines) is 1. The Hall–Kier alpha value is -2.11. The highest BCUT2D eigenvalue weighted by Gasteiger charge is 2.23. The van der Waals surface area contributed by atoms with E-state index in [-0.39, 0.29) is 36.3 Å². The zero-order valence-corrected chi connectivity index (χ0v) is 13.6. The number of benzene rings is 1. The molecule has 0 radical (unpaired) electrons. The second-order valence-electron chi connectivity index (χ2n) is 6.23. The molecule has 3 amide bonds. The summed E-state index contributed by atoms with van der Waals surface area (Å²) in [5.74, 6) is -0.255. The van der Waals surface area contributed by atoms with Crippen molar-refractivity contribution in [2.45, 2.75) is 45.2 Å². The molecule has 0 aromatic heterocycles. The summed E-state index contributed by atoms with van der Waals surface area (Å²) in [5.41, 5.74) is 0.813. The standard InChI is InChI=1S/C17H24FN3O2/c1-12(2)19-17(23)20-15-7-9-21(10-8-15)16(22)11-13-3-5-14(18)6-4-13/h3-6,12,15H,7-11H2,1-2H3,(H2,19,20,23). The quantitative estimate of drug-likeness (QED) is 0.892. The number of halogens is 1. The van der Waals surface area contributed by atoms with Crippen LogP contribution < -0.4 is 10.6 Å². The van der Waals surface area contributed by atoms with Crippen LogP contribution in [0.15, 0.2) is 24.3 Å². The van der Waals surface area contributed by atoms with Crippen molar-refractivity contribution in [1.82, 2.24) is 15.5 Å². The lowest BCUT2D eigenvalue weighted by atomic mass is 10.0. The summed E-state index contributed by atoms with van der Waals surface area (Å²) in [6, 6.07) is 6.06. The average Bonchev–Trinajstić information content (AvgIpc) is 2.49. The zero-order valence-electron chi connectivity index (χ0n) is 13.6. The summed E-state index contributed by atoms with van der Waals surface area (Å²) in [4.78, 5) is 25.7. The van der Waals surface area contributed by atoms with Crippen molar-refractivity contribution < 1.29 is 14.0 Å². The lowest BCUT2D eigenvalue weighted by molar-refractivity contribution is -0.131. The monoisotopic (exact) mass is 321 g/mol. The van der Waals surface area contributed by atoms with E-state index in [1.54, 1.807) is 12.1 Å². The van der Waals surface area contributed by atoms with Gasteiger partial charge in [-0.25, -0.2) is 9.18 Å². The van der Waals surface area contributed by atoms with E-state index in [9.17, 15) is 14.0 Å². The normalized spacial score (nSPS) is 15.6. The fraction of sp³-hybridized carbons (Fsp3) is 0.529. The third-order valence-corrected chi connectivity index (χ3v) is 3.87. The van der Waals surface area contributed by atoms with E-state index < -0.39 is 0 Å². The minimum absolute atomic E-state index is 0.0432. The third kappa shape index (κ3) is 5.54. The van der Waals surface area contributed by atoms with Crippen LogP contribution in [0.1, 0.15) is 32.3 Å². The highest BCUT2D eigenvalue weighted by atomic mass is 19.1. The molecule has 1 aliphatic heterocycles. The second-order valence-corrected chi connectivity index (χ2v) is 6.23. The minimum atomic E-state index is -0.298. The van der Waals surface area contributed by atoms with Gasteiger partial charge >= 0.3 is 6.03 Å². The molecular formula is C17H24FN3O2. The number of urea groups is 1. The van der Waals surface area contributed by atoms with Gasteiger partial charge in [0.1, 0.15) is 5.82 Å². The Morgan fingerprint density at radius 3 is 2.39 bits per heavy atom. The number of carbonyl (C=O) groups excluding carboxylic acids is 2. The molecule has 0 spiro atoms. The number of nitrogens with one attached hydrogen (secondary N) is 2. The van der Waals surface area contributed by atoms with Gasteiger partial charge < -0.3 is 15.5 Å². The second kappa shape index (κ2) is 7.94. The molecule has 0 bridgehead atoms. The molecule has 1 aromatic carbocycles. The van der Waals surface area contributed by atoms with Crippen molar-refractivity contribution in [3.8, 4) is 0 Å². The van der Waals surface area contributed by atoms with Crippen LogP contribution in [0.25, 0.3) is 0 Å². The number of nitrogens with zero attached hydrogens (tertiary/aromatic N) is 1. The van der Waals surface area contributed by atoms with Gasteiger partial charge in [0, 0.05) is 25.2 Å². The van der Waals surface area contributed by atoms with E-state index in [1.165, 1.54) is 12.1 Å². The van der Waals surface area contributed by atoms with Gasteiger partial charge in [-0.05, 0) is 44.4 Å². The Morgan fingerprint density at radius 2 is 1.83 bits per heavy atom. The van der Waals surface area contributed by atoms with Gasteiger partial charge in [-0.3, -0.25) is 4.79 Å². The largest absolute Gasteiger partial charge is 0.342 e. The Kier molecular flexibility index (Phi) is 5.96. The molecule has 0 unspecified atom stereocenters. The van der Waals surface area contributed by atoms with Crippen molar-refractivity contribution in [3.05, 3.63) is 35.6 Å². The number of rotatable bonds is 4. The molecule has 1 fully saturated rings. The van der Waals surface area contributed by atoms with Crippen LogP contribution in [0.5, 0.6) is 0 Å². The van der Waals surface area contributed by atoms with Crippen LogP contribution >= 0.6 is 0 Å². The van der Waals surface area contributed by atoms with Crippen molar-refractivity contribution in [2.75, 3.05) is 13.1 Å². The Balaban J connectivity index is 1.76. The molecule has 0 saturated carbocycles. The summed E-state index contributed by atoms with van der Waals surface area (Å²) in [5, 5.41) is 5.74. The molecule has 1 heterocycles. The fourth-order valence-corrected chi connectivity index (χ4v) is 2.65. The van der Waals surface area contributed by atoms with E-state index in [0.29, 0.717) is 13.1 Å². The molecule has 5 nitrogen and oxygen atoms in total. The van der Waals surface area contributed by atoms with Crippen LogP contribution in [-0.2, 0) is 11.2 Å². The summed E-state index contributed by atoms with van der Waals surface area (Å²) in [6.45, 7) is 5.09. The fourth-order valence-electron chi connectivity index (χ4n) is 2.65. The summed E-state index contributed by atoms with van der Waals surface area (Å²) in [7, 11) is 0. The summed E-state index contributed by atoms with van der Waals surface area (Å²) >= 11 is 0. The molecule has 6 heteroatoms. The Bertz CT molecular complexity index is 537. The SMILES string of the molecule is CC(C)NC(=O)NC1CCN(C(=O)Cc2ccc(F)cc2)CC1. The highest BCUT2D eigenvalue weighted by Crippen LogP contribution is 2.13. The number of amides is 3. The first-order chi connectivity index (χ1) is 10.9. The van der Waals surface area contributed by atoms with Gasteiger partial charge in [-0.1, -0.05) is 12.1 Å². The molecule has 1 aliphatic rings. The maximum atomic E-state index is 12.9. The van der Waals surface area contributed by atoms with Crippen LogP contribution in [0, 0.1) is 5.82 Å². The van der Waals surface area contributed by atoms with Gasteiger partial charge in [-0.2, -0.15) is 0 Å². The first kappa shape index (κ1) is 17.2. The molecular weight excluding hydrogens is 297 g/mol. The molecule has 0 atom stereocenters. The van der Waals surface area contributed by atoms with E-state index in [4.69, 9.17) is 0 Å². The van der Waals surface area contributed by atoms with Crippen molar-refractivity contribution in [3.63, 3.8) is 0 Å². The maximum absolute atomic E-state index is 12.9. The summed E-state index contributed by atoms with van der Waals surface area (Å²) < 4.78 is 12.9. The van der Waals surface area contributed by atoms with E-state index in [2.05, 4.69) is 10.6 Å². The molecule has 1 aromatic rings. The first-order valence-corrected chi connectivity index (χ1v) is 8.03. The number of piperidine rings is 1. The van der Waals surface area contributed by atoms with Gasteiger partial charge in [0.05, 0.1) is 6.42 Å². The number of hydrogen-bond donors (Lipinski definition) is 2. The van der Waals surface area contributed by atoms with E-state index in [1.807, 2.05) is 18.7 Å². The van der Waals surface area contributed by atoms with Crippen LogP contribution in [-0.4, -0.2) is 42.0 Å². The van der Waals surface area contributed by atoms with Gasteiger partial charge in [0.15, 0.2) is 0 Å². The van der Waals surface area contributed by atoms with Crippen molar-refractivity contribution in [1.29, 1.82) is 0 Å². The average molecular weight is 321 g/mol. The van der Waals surface area contributed by atoms with E-state index in [0.717, 1.165) is 18.4 Å². The van der Waals surface area contributed by atoms with Gasteiger partial charge in [0.2, 0.25) is 5.91 Å². The highest BCUT2D eigenvalue weighted by molar-refractivity contribution is 5.79. The van der Waals surface area contributed by atoms with Crippen LogP contribution in [0.4, 0.5) is 9.18 Å². The molecule has 2 N–H and O–H groups in total. The molecule has 1 saturated heterocycles. The Labute approximate surface area is 136 Å². The van der Waals surface area contributed by atoms with Gasteiger partial charge in [-0.15, -0.1) is 0 Å². The van der Waals surface area contributed by atoms with Crippen LogP contribution in [0.2, 0.25) is 0 Å². The molecule has 0 aliphatic carbocycles. The smallest absolute Gasteiger partial charge is 0.315 e. The lowest BCUT2D eigenvalue weighted by Gasteiger charge is -2.32. The predicted molar refractivity (Wildman–Crippen MR) is 86.5 cm³/mol. The summed E-state index contributed by atoms with van der Waals surface area (Å²) in [6.07, 6.45) is 1.79. The predicted octanol–water partition coefficient (Wildman–Crippen LogP) is 2.07. The maximum Gasteiger partial charge on any atom is 0.315 e. The number of carbonyl (C=O) groups is 2. The number of hydrogen-bond acceptors (Lipinski definition) is 2. The lowest BCUT2D eigenvalue weighted by Crippen LogP contribution is -2.50. The van der Waals surface area contributed by atoms with Crippen LogP contribution in [0.3, 0.4) is 0 Å². The van der Waals surface area contributed by atoms with Crippen molar-refractivity contribution >= 4 is 11.9 Å². The van der Waals surface area contributed by atoms with E-state index >= 15 is 0 Å². The van der Waals surface area contributed by atoms with Crippen molar-refractivity contribution in [2.24, 2.45) is 0 Å². The third-order valence-electron chi connectivity index (χ3n) is 3.87. The van der Waals surface area contributed by atoms with Gasteiger partial charge in [0.25, 0.3) is 0 Å². The topological polar surface area (TPSA) is 61.4 Å². The molecule has 2 rings (SSSR count). The molecule has 23 heavy (non-hydrogen) atoms. The zero-order chi connectivity index (χ0) is 16.8. The first-order valence-electron chi connectivity index (χ1n) is 8.03.